The van der Waals surface area contributed by atoms with Crippen LogP contribution < -0.4 is 10.1 Å². The molecule has 0 saturated carbocycles. The fourth-order valence-corrected chi connectivity index (χ4v) is 1.94. The van der Waals surface area contributed by atoms with E-state index in [9.17, 15) is 18.0 Å². The van der Waals surface area contributed by atoms with E-state index in [1.165, 1.54) is 22.9 Å². The molecule has 118 valence electrons. The number of aryl methyl sites for hydroxylation is 2. The number of hydrogen-bond acceptors (Lipinski definition) is 3. The zero-order chi connectivity index (χ0) is 16.3. The van der Waals surface area contributed by atoms with Gasteiger partial charge in [0.05, 0.1) is 11.4 Å². The van der Waals surface area contributed by atoms with Gasteiger partial charge in [-0.05, 0) is 32.0 Å². The van der Waals surface area contributed by atoms with Gasteiger partial charge in [-0.15, -0.1) is 13.2 Å². The SMILES string of the molecule is Cc1cc(C)n(CC(=O)Nc2ccccc2OC(F)(F)F)n1. The van der Waals surface area contributed by atoms with Gasteiger partial charge in [0, 0.05) is 5.69 Å². The van der Waals surface area contributed by atoms with Crippen molar-refractivity contribution >= 4 is 11.6 Å². The Labute approximate surface area is 124 Å². The van der Waals surface area contributed by atoms with Crippen molar-refractivity contribution in [2.24, 2.45) is 0 Å². The minimum atomic E-state index is -4.82. The molecule has 0 aliphatic heterocycles. The van der Waals surface area contributed by atoms with Gasteiger partial charge in [-0.3, -0.25) is 9.48 Å². The first kappa shape index (κ1) is 15.9. The molecule has 8 heteroatoms. The minimum absolute atomic E-state index is 0.0497. The summed E-state index contributed by atoms with van der Waals surface area (Å²) in [5, 5.41) is 6.51. The molecule has 0 atom stereocenters. The monoisotopic (exact) mass is 313 g/mol. The number of carbonyl (C=O) groups is 1. The molecule has 0 spiro atoms. The normalized spacial score (nSPS) is 11.3. The highest BCUT2D eigenvalue weighted by Gasteiger charge is 2.32. The van der Waals surface area contributed by atoms with Crippen molar-refractivity contribution in [1.82, 2.24) is 9.78 Å². The maximum Gasteiger partial charge on any atom is 0.573 e. The number of amides is 1. The number of nitrogens with one attached hydrogen (secondary N) is 1. The van der Waals surface area contributed by atoms with E-state index in [1.807, 2.05) is 0 Å². The van der Waals surface area contributed by atoms with Crippen molar-refractivity contribution in [2.45, 2.75) is 26.8 Å². The van der Waals surface area contributed by atoms with Gasteiger partial charge in [0.15, 0.2) is 5.75 Å². The van der Waals surface area contributed by atoms with Crippen molar-refractivity contribution < 1.29 is 22.7 Å². The van der Waals surface area contributed by atoms with Crippen LogP contribution in [0.4, 0.5) is 18.9 Å². The Morgan fingerprint density at radius 2 is 2.00 bits per heavy atom. The molecule has 1 aromatic heterocycles. The van der Waals surface area contributed by atoms with Crippen LogP contribution in [0.15, 0.2) is 30.3 Å². The molecule has 0 unspecified atom stereocenters. The van der Waals surface area contributed by atoms with Crippen molar-refractivity contribution in [1.29, 1.82) is 0 Å². The average Bonchev–Trinajstić information content (AvgIpc) is 2.68. The molecule has 2 aromatic rings. The van der Waals surface area contributed by atoms with Crippen LogP contribution in [0.25, 0.3) is 0 Å². The molecule has 0 radical (unpaired) electrons. The van der Waals surface area contributed by atoms with E-state index in [4.69, 9.17) is 0 Å². The maximum absolute atomic E-state index is 12.3. The quantitative estimate of drug-likeness (QED) is 0.944. The molecule has 22 heavy (non-hydrogen) atoms. The summed E-state index contributed by atoms with van der Waals surface area (Å²) in [6.07, 6.45) is -4.82. The number of nitrogens with zero attached hydrogens (tertiary/aromatic N) is 2. The van der Waals surface area contributed by atoms with Gasteiger partial charge >= 0.3 is 6.36 Å². The van der Waals surface area contributed by atoms with E-state index in [2.05, 4.69) is 15.2 Å². The molecule has 5 nitrogen and oxygen atoms in total. The molecular formula is C14H14F3N3O2. The van der Waals surface area contributed by atoms with Crippen LogP contribution in [-0.2, 0) is 11.3 Å². The Morgan fingerprint density at radius 1 is 1.32 bits per heavy atom. The summed E-state index contributed by atoms with van der Waals surface area (Å²) in [6, 6.07) is 7.15. The third kappa shape index (κ3) is 4.24. The van der Waals surface area contributed by atoms with Gasteiger partial charge in [0.1, 0.15) is 6.54 Å². The van der Waals surface area contributed by atoms with Crippen LogP contribution in [-0.4, -0.2) is 22.1 Å². The Hall–Kier alpha value is -2.51. The Bertz CT molecular complexity index is 680. The lowest BCUT2D eigenvalue weighted by molar-refractivity contribution is -0.274. The van der Waals surface area contributed by atoms with Gasteiger partial charge in [-0.2, -0.15) is 5.10 Å². The number of ether oxygens (including phenoxy) is 1. The van der Waals surface area contributed by atoms with Gasteiger partial charge in [-0.1, -0.05) is 12.1 Å². The summed E-state index contributed by atoms with van der Waals surface area (Å²) in [7, 11) is 0. The number of hydrogen-bond donors (Lipinski definition) is 1. The van der Waals surface area contributed by atoms with E-state index < -0.39 is 18.0 Å². The van der Waals surface area contributed by atoms with Gasteiger partial charge in [0.25, 0.3) is 0 Å². The zero-order valence-corrected chi connectivity index (χ0v) is 11.9. The second-order valence-corrected chi connectivity index (χ2v) is 4.68. The summed E-state index contributed by atoms with van der Waals surface area (Å²) in [5.74, 6) is -0.957. The Morgan fingerprint density at radius 3 is 2.59 bits per heavy atom. The van der Waals surface area contributed by atoms with Crippen LogP contribution in [0.5, 0.6) is 5.75 Å². The molecule has 0 aliphatic carbocycles. The van der Waals surface area contributed by atoms with Crippen molar-refractivity contribution in [3.05, 3.63) is 41.7 Å². The summed E-state index contributed by atoms with van der Waals surface area (Å²) in [6.45, 7) is 3.47. The van der Waals surface area contributed by atoms with Crippen molar-refractivity contribution in [3.8, 4) is 5.75 Å². The smallest absolute Gasteiger partial charge is 0.404 e. The van der Waals surface area contributed by atoms with Gasteiger partial charge < -0.3 is 10.1 Å². The standard InChI is InChI=1S/C14H14F3N3O2/c1-9-7-10(2)20(19-9)8-13(21)18-11-5-3-4-6-12(11)22-14(15,16)17/h3-7H,8H2,1-2H3,(H,18,21). The molecule has 1 amide bonds. The second kappa shape index (κ2) is 6.08. The molecule has 1 heterocycles. The van der Waals surface area contributed by atoms with Crippen molar-refractivity contribution in [3.63, 3.8) is 0 Å². The predicted molar refractivity (Wildman–Crippen MR) is 73.5 cm³/mol. The number of carbonyl (C=O) groups excluding carboxylic acids is 1. The number of benzene rings is 1. The molecule has 0 saturated heterocycles. The van der Waals surface area contributed by atoms with E-state index in [0.717, 1.165) is 17.5 Å². The van der Waals surface area contributed by atoms with E-state index in [-0.39, 0.29) is 12.2 Å². The molecule has 0 fully saturated rings. The minimum Gasteiger partial charge on any atom is -0.404 e. The Balaban J connectivity index is 2.10. The molecular weight excluding hydrogens is 299 g/mol. The molecule has 0 aliphatic rings. The van der Waals surface area contributed by atoms with Crippen LogP contribution in [0.2, 0.25) is 0 Å². The van der Waals surface area contributed by atoms with Crippen molar-refractivity contribution in [2.75, 3.05) is 5.32 Å². The molecule has 1 N–H and O–H groups in total. The lowest BCUT2D eigenvalue weighted by atomic mass is 10.3. The fraction of sp³-hybridized carbons (Fsp3) is 0.286. The molecule has 1 aromatic carbocycles. The zero-order valence-electron chi connectivity index (χ0n) is 11.9. The highest BCUT2D eigenvalue weighted by Crippen LogP contribution is 2.29. The number of anilines is 1. The summed E-state index contributed by atoms with van der Waals surface area (Å²) in [4.78, 5) is 12.0. The first-order valence-corrected chi connectivity index (χ1v) is 6.40. The lowest BCUT2D eigenvalue weighted by Crippen LogP contribution is -2.22. The highest BCUT2D eigenvalue weighted by molar-refractivity contribution is 5.92. The van der Waals surface area contributed by atoms with Gasteiger partial charge in [-0.25, -0.2) is 0 Å². The van der Waals surface area contributed by atoms with Crippen LogP contribution in [0.3, 0.4) is 0 Å². The summed E-state index contributed by atoms with van der Waals surface area (Å²) in [5.41, 5.74) is 1.49. The van der Waals surface area contributed by atoms with Crippen LogP contribution in [0, 0.1) is 13.8 Å². The first-order chi connectivity index (χ1) is 10.2. The van der Waals surface area contributed by atoms with Gasteiger partial charge in [0.2, 0.25) is 5.91 Å². The molecule has 0 bridgehead atoms. The fourth-order valence-electron chi connectivity index (χ4n) is 1.94. The summed E-state index contributed by atoms with van der Waals surface area (Å²) >= 11 is 0. The van der Waals surface area contributed by atoms with Crippen LogP contribution in [0.1, 0.15) is 11.4 Å². The number of para-hydroxylation sites is 2. The largest absolute Gasteiger partial charge is 0.573 e. The average molecular weight is 313 g/mol. The Kier molecular flexibility index (Phi) is 4.39. The number of halogens is 3. The second-order valence-electron chi connectivity index (χ2n) is 4.68. The first-order valence-electron chi connectivity index (χ1n) is 6.40. The summed E-state index contributed by atoms with van der Waals surface area (Å²) < 4.78 is 42.3. The van der Waals surface area contributed by atoms with E-state index >= 15 is 0 Å². The molecule has 2 rings (SSSR count). The highest BCUT2D eigenvalue weighted by atomic mass is 19.4. The third-order valence-corrected chi connectivity index (χ3v) is 2.78. The lowest BCUT2D eigenvalue weighted by Gasteiger charge is -2.14. The maximum atomic E-state index is 12.3. The number of rotatable bonds is 4. The van der Waals surface area contributed by atoms with E-state index in [1.54, 1.807) is 19.9 Å². The predicted octanol–water partition coefficient (Wildman–Crippen LogP) is 3.04. The number of alkyl halides is 3. The van der Waals surface area contributed by atoms with E-state index in [0.29, 0.717) is 0 Å². The van der Waals surface area contributed by atoms with Crippen LogP contribution >= 0.6 is 0 Å². The topological polar surface area (TPSA) is 56.2 Å². The third-order valence-electron chi connectivity index (χ3n) is 2.78. The number of aromatic nitrogens is 2.